The van der Waals surface area contributed by atoms with E-state index in [9.17, 15) is 14.4 Å². The van der Waals surface area contributed by atoms with Crippen molar-refractivity contribution in [2.75, 3.05) is 17.4 Å². The van der Waals surface area contributed by atoms with Crippen LogP contribution in [-0.2, 0) is 20.9 Å². The van der Waals surface area contributed by atoms with Crippen molar-refractivity contribution in [1.29, 1.82) is 0 Å². The van der Waals surface area contributed by atoms with Crippen LogP contribution in [0.4, 0.5) is 11.4 Å². The number of para-hydroxylation sites is 1. The molecule has 0 saturated carbocycles. The molecule has 0 bridgehead atoms. The van der Waals surface area contributed by atoms with E-state index in [2.05, 4.69) is 38.7 Å². The molecule has 1 aliphatic rings. The molecule has 0 radical (unpaired) electrons. The van der Waals surface area contributed by atoms with E-state index in [-0.39, 0.29) is 19.1 Å². The summed E-state index contributed by atoms with van der Waals surface area (Å²) in [4.78, 5) is 37.1. The minimum atomic E-state index is -0.938. The maximum atomic E-state index is 12.4. The van der Waals surface area contributed by atoms with Crippen LogP contribution in [0.1, 0.15) is 20.3 Å². The van der Waals surface area contributed by atoms with E-state index >= 15 is 0 Å². The van der Waals surface area contributed by atoms with Gasteiger partial charge in [-0.25, -0.2) is 5.43 Å². The summed E-state index contributed by atoms with van der Waals surface area (Å²) in [5, 5.41) is 11.3. The Morgan fingerprint density at radius 3 is 2.43 bits per heavy atom. The highest BCUT2D eigenvalue weighted by molar-refractivity contribution is 6.39. The Kier molecular flexibility index (Phi) is 6.46. The van der Waals surface area contributed by atoms with Crippen molar-refractivity contribution in [2.45, 2.75) is 26.8 Å². The number of aryl methyl sites for hydroxylation is 1. The van der Waals surface area contributed by atoms with Crippen molar-refractivity contribution in [3.05, 3.63) is 60.7 Å². The zero-order valence-corrected chi connectivity index (χ0v) is 20.3. The number of rotatable bonds is 6. The van der Waals surface area contributed by atoms with E-state index in [4.69, 9.17) is 9.47 Å². The van der Waals surface area contributed by atoms with E-state index in [1.54, 1.807) is 31.2 Å². The van der Waals surface area contributed by atoms with Gasteiger partial charge in [0.25, 0.3) is 0 Å². The standard InChI is InChI=1S/C27H25N5O5/c1-3-32-21-7-5-4-6-19(21)20-13-17(8-10-22(20)32)29-26(34)27(35)31-30-16(2)12-25(33)28-18-9-11-23-24(14-18)37-15-36-23/h4-11,13-14H,3,12,15H2,1-2H3,(H,28,33)(H,29,34)(H,31,35)/b30-16+. The number of nitrogens with zero attached hydrogens (tertiary/aromatic N) is 2. The number of fused-ring (bicyclic) bond motifs is 4. The van der Waals surface area contributed by atoms with Crippen molar-refractivity contribution in [3.63, 3.8) is 0 Å². The highest BCUT2D eigenvalue weighted by Crippen LogP contribution is 2.34. The quantitative estimate of drug-likeness (QED) is 0.210. The van der Waals surface area contributed by atoms with Crippen molar-refractivity contribution < 1.29 is 23.9 Å². The minimum Gasteiger partial charge on any atom is -0.454 e. The number of hydrazone groups is 1. The van der Waals surface area contributed by atoms with E-state index in [1.807, 2.05) is 30.3 Å². The van der Waals surface area contributed by atoms with Gasteiger partial charge in [0.2, 0.25) is 12.7 Å². The predicted molar refractivity (Wildman–Crippen MR) is 141 cm³/mol. The molecule has 10 heteroatoms. The summed E-state index contributed by atoms with van der Waals surface area (Å²) in [7, 11) is 0. The van der Waals surface area contributed by atoms with Crippen LogP contribution in [0.2, 0.25) is 0 Å². The lowest BCUT2D eigenvalue weighted by molar-refractivity contribution is -0.136. The van der Waals surface area contributed by atoms with Crippen LogP contribution in [0.3, 0.4) is 0 Å². The lowest BCUT2D eigenvalue weighted by Crippen LogP contribution is -2.33. The highest BCUT2D eigenvalue weighted by atomic mass is 16.7. The Hall–Kier alpha value is -4.86. The average molecular weight is 500 g/mol. The predicted octanol–water partition coefficient (Wildman–Crippen LogP) is 4.00. The molecule has 0 fully saturated rings. The van der Waals surface area contributed by atoms with Gasteiger partial charge < -0.3 is 24.7 Å². The Morgan fingerprint density at radius 2 is 1.59 bits per heavy atom. The Labute approximate surface area is 212 Å². The molecule has 3 aromatic carbocycles. The summed E-state index contributed by atoms with van der Waals surface area (Å²) >= 11 is 0. The summed E-state index contributed by atoms with van der Waals surface area (Å²) in [6.07, 6.45) is -0.0749. The normalized spacial score (nSPS) is 12.5. The zero-order valence-electron chi connectivity index (χ0n) is 20.3. The first-order valence-corrected chi connectivity index (χ1v) is 11.8. The number of carbonyl (C=O) groups excluding carboxylic acids is 3. The number of amides is 3. The number of hydrogen-bond donors (Lipinski definition) is 3. The number of anilines is 2. The molecule has 0 spiro atoms. The molecule has 37 heavy (non-hydrogen) atoms. The van der Waals surface area contributed by atoms with Crippen LogP contribution in [0.15, 0.2) is 65.8 Å². The second-order valence-corrected chi connectivity index (χ2v) is 8.53. The molecular weight excluding hydrogens is 474 g/mol. The van der Waals surface area contributed by atoms with Gasteiger partial charge in [-0.2, -0.15) is 5.10 Å². The van der Waals surface area contributed by atoms with Gasteiger partial charge in [-0.15, -0.1) is 0 Å². The third-order valence-corrected chi connectivity index (χ3v) is 5.97. The molecule has 0 aliphatic carbocycles. The zero-order chi connectivity index (χ0) is 25.9. The number of carbonyl (C=O) groups is 3. The molecule has 0 unspecified atom stereocenters. The van der Waals surface area contributed by atoms with E-state index in [0.29, 0.717) is 28.6 Å². The molecule has 1 aromatic heterocycles. The van der Waals surface area contributed by atoms with Crippen molar-refractivity contribution in [2.24, 2.45) is 5.10 Å². The first kappa shape index (κ1) is 23.9. The van der Waals surface area contributed by atoms with Crippen LogP contribution in [0.25, 0.3) is 21.8 Å². The summed E-state index contributed by atoms with van der Waals surface area (Å²) in [6.45, 7) is 4.61. The van der Waals surface area contributed by atoms with Gasteiger partial charge >= 0.3 is 11.8 Å². The minimum absolute atomic E-state index is 0.0749. The van der Waals surface area contributed by atoms with Crippen LogP contribution in [0, 0.1) is 0 Å². The van der Waals surface area contributed by atoms with Crippen LogP contribution in [0.5, 0.6) is 11.5 Å². The largest absolute Gasteiger partial charge is 0.454 e. The monoisotopic (exact) mass is 499 g/mol. The molecular formula is C27H25N5O5. The smallest absolute Gasteiger partial charge is 0.329 e. The second kappa shape index (κ2) is 10.0. The fourth-order valence-electron chi connectivity index (χ4n) is 4.31. The molecule has 3 amide bonds. The maximum absolute atomic E-state index is 12.4. The van der Waals surface area contributed by atoms with E-state index in [1.165, 1.54) is 0 Å². The van der Waals surface area contributed by atoms with Gasteiger partial charge in [-0.1, -0.05) is 18.2 Å². The van der Waals surface area contributed by atoms with Crippen LogP contribution in [-0.4, -0.2) is 34.8 Å². The molecule has 2 heterocycles. The molecule has 10 nitrogen and oxygen atoms in total. The third kappa shape index (κ3) is 4.94. The molecule has 0 saturated heterocycles. The third-order valence-electron chi connectivity index (χ3n) is 5.97. The lowest BCUT2D eigenvalue weighted by Gasteiger charge is -2.07. The fourth-order valence-corrected chi connectivity index (χ4v) is 4.31. The SMILES string of the molecule is CCn1c2ccccc2c2cc(NC(=O)C(=O)N/N=C(\C)CC(=O)Nc3ccc4c(c3)OCO4)ccc21. The summed E-state index contributed by atoms with van der Waals surface area (Å²) in [5.74, 6) is -0.967. The number of nitrogens with one attached hydrogen (secondary N) is 3. The fraction of sp³-hybridized carbons (Fsp3) is 0.185. The van der Waals surface area contributed by atoms with Gasteiger partial charge in [-0.05, 0) is 50.2 Å². The Bertz CT molecular complexity index is 1570. The van der Waals surface area contributed by atoms with Crippen molar-refractivity contribution >= 4 is 56.6 Å². The van der Waals surface area contributed by atoms with Gasteiger partial charge in [0, 0.05) is 51.5 Å². The van der Waals surface area contributed by atoms with Crippen molar-refractivity contribution in [1.82, 2.24) is 9.99 Å². The number of aromatic nitrogens is 1. The topological polar surface area (TPSA) is 123 Å². The van der Waals surface area contributed by atoms with Gasteiger partial charge in [0.1, 0.15) is 0 Å². The van der Waals surface area contributed by atoms with Gasteiger partial charge in [0.05, 0.1) is 6.42 Å². The second-order valence-electron chi connectivity index (χ2n) is 8.53. The number of ether oxygens (including phenoxy) is 2. The first-order valence-electron chi connectivity index (χ1n) is 11.8. The van der Waals surface area contributed by atoms with Gasteiger partial charge in [-0.3, -0.25) is 14.4 Å². The Balaban J connectivity index is 1.19. The Morgan fingerprint density at radius 1 is 0.865 bits per heavy atom. The summed E-state index contributed by atoms with van der Waals surface area (Å²) in [5.41, 5.74) is 5.72. The molecule has 5 rings (SSSR count). The summed E-state index contributed by atoms with van der Waals surface area (Å²) < 4.78 is 12.7. The van der Waals surface area contributed by atoms with Crippen LogP contribution >= 0.6 is 0 Å². The number of benzene rings is 3. The molecule has 0 atom stereocenters. The molecule has 1 aliphatic heterocycles. The number of hydrogen-bond acceptors (Lipinski definition) is 6. The lowest BCUT2D eigenvalue weighted by atomic mass is 10.1. The molecule has 4 aromatic rings. The van der Waals surface area contributed by atoms with E-state index < -0.39 is 11.8 Å². The maximum Gasteiger partial charge on any atom is 0.329 e. The first-order chi connectivity index (χ1) is 17.9. The van der Waals surface area contributed by atoms with Crippen LogP contribution < -0.4 is 25.5 Å². The van der Waals surface area contributed by atoms with E-state index in [0.717, 1.165) is 28.4 Å². The summed E-state index contributed by atoms with van der Waals surface area (Å²) in [6, 6.07) is 18.6. The van der Waals surface area contributed by atoms with Gasteiger partial charge in [0.15, 0.2) is 11.5 Å². The van der Waals surface area contributed by atoms with Crippen molar-refractivity contribution in [3.8, 4) is 11.5 Å². The molecule has 3 N–H and O–H groups in total. The highest BCUT2D eigenvalue weighted by Gasteiger charge is 2.17. The molecule has 188 valence electrons. The average Bonchev–Trinajstić information content (AvgIpc) is 3.48.